The second-order valence-electron chi connectivity index (χ2n) is 4.18. The predicted octanol–water partition coefficient (Wildman–Crippen LogP) is 3.16. The fraction of sp³-hybridized carbons (Fsp3) is 0.231. The van der Waals surface area contributed by atoms with Gasteiger partial charge in [0.2, 0.25) is 0 Å². The molecule has 0 saturated heterocycles. The number of nitrogens with zero attached hydrogens (tertiary/aromatic N) is 1. The number of aromatic carboxylic acids is 1. The third-order valence-corrected chi connectivity index (χ3v) is 3.76. The number of methoxy groups -OCH3 is 1. The molecular formula is C13H13BrN2O3. The van der Waals surface area contributed by atoms with Crippen molar-refractivity contribution in [1.82, 2.24) is 10.2 Å². The Bertz CT molecular complexity index is 650. The van der Waals surface area contributed by atoms with Crippen LogP contribution in [0.15, 0.2) is 16.6 Å². The fourth-order valence-electron chi connectivity index (χ4n) is 1.98. The number of benzene rings is 1. The van der Waals surface area contributed by atoms with Crippen molar-refractivity contribution in [2.24, 2.45) is 0 Å². The van der Waals surface area contributed by atoms with E-state index in [9.17, 15) is 4.79 Å². The number of aryl methyl sites for hydroxylation is 1. The smallest absolute Gasteiger partial charge is 0.353 e. The molecule has 0 radical (unpaired) electrons. The van der Waals surface area contributed by atoms with Crippen LogP contribution in [0.25, 0.3) is 11.3 Å². The summed E-state index contributed by atoms with van der Waals surface area (Å²) in [6.45, 7) is 3.85. The first-order valence-corrected chi connectivity index (χ1v) is 6.37. The van der Waals surface area contributed by atoms with Crippen LogP contribution in [0, 0.1) is 13.8 Å². The highest BCUT2D eigenvalue weighted by molar-refractivity contribution is 9.10. The number of H-pyrrole nitrogens is 1. The SMILES string of the molecule is COc1c(C)c(Br)cc(C)c1-c1cc(C(=O)O)[nH]n1. The average molecular weight is 325 g/mol. The molecular weight excluding hydrogens is 312 g/mol. The maximum absolute atomic E-state index is 10.9. The van der Waals surface area contributed by atoms with E-state index in [2.05, 4.69) is 26.1 Å². The van der Waals surface area contributed by atoms with Crippen LogP contribution in [-0.2, 0) is 0 Å². The largest absolute Gasteiger partial charge is 0.496 e. The number of hydrogen-bond acceptors (Lipinski definition) is 3. The minimum Gasteiger partial charge on any atom is -0.496 e. The van der Waals surface area contributed by atoms with Crippen LogP contribution in [0.5, 0.6) is 5.75 Å². The average Bonchev–Trinajstić information content (AvgIpc) is 2.82. The molecule has 0 amide bonds. The Morgan fingerprint density at radius 1 is 1.42 bits per heavy atom. The van der Waals surface area contributed by atoms with Crippen LogP contribution < -0.4 is 4.74 Å². The quantitative estimate of drug-likeness (QED) is 0.909. The summed E-state index contributed by atoms with van der Waals surface area (Å²) in [6.07, 6.45) is 0. The number of carbonyl (C=O) groups is 1. The van der Waals surface area contributed by atoms with E-state index < -0.39 is 5.97 Å². The lowest BCUT2D eigenvalue weighted by Gasteiger charge is -2.14. The molecule has 0 atom stereocenters. The van der Waals surface area contributed by atoms with Crippen molar-refractivity contribution in [1.29, 1.82) is 0 Å². The molecule has 2 N–H and O–H groups in total. The molecule has 100 valence electrons. The highest BCUT2D eigenvalue weighted by Crippen LogP contribution is 2.38. The number of carboxylic acids is 1. The topological polar surface area (TPSA) is 75.2 Å². The highest BCUT2D eigenvalue weighted by atomic mass is 79.9. The van der Waals surface area contributed by atoms with Gasteiger partial charge in [-0.1, -0.05) is 15.9 Å². The Balaban J connectivity index is 2.66. The van der Waals surface area contributed by atoms with Crippen molar-refractivity contribution in [3.63, 3.8) is 0 Å². The zero-order valence-corrected chi connectivity index (χ0v) is 12.3. The summed E-state index contributed by atoms with van der Waals surface area (Å²) in [5.74, 6) is -0.348. The maximum atomic E-state index is 10.9. The van der Waals surface area contributed by atoms with Crippen LogP contribution in [0.4, 0.5) is 0 Å². The van der Waals surface area contributed by atoms with Gasteiger partial charge in [-0.05, 0) is 31.5 Å². The molecule has 0 aliphatic rings. The zero-order valence-electron chi connectivity index (χ0n) is 10.7. The van der Waals surface area contributed by atoms with Gasteiger partial charge in [0.25, 0.3) is 0 Å². The molecule has 1 heterocycles. The first-order valence-electron chi connectivity index (χ1n) is 5.58. The van der Waals surface area contributed by atoms with Gasteiger partial charge in [0, 0.05) is 15.6 Å². The first-order chi connectivity index (χ1) is 8.95. The molecule has 2 aromatic rings. The summed E-state index contributed by atoms with van der Waals surface area (Å²) in [4.78, 5) is 10.9. The number of halogens is 1. The Kier molecular flexibility index (Phi) is 3.61. The van der Waals surface area contributed by atoms with E-state index >= 15 is 0 Å². The second kappa shape index (κ2) is 5.05. The first kappa shape index (κ1) is 13.6. The van der Waals surface area contributed by atoms with E-state index in [1.165, 1.54) is 6.07 Å². The molecule has 0 spiro atoms. The molecule has 0 bridgehead atoms. The van der Waals surface area contributed by atoms with Gasteiger partial charge in [-0.3, -0.25) is 5.10 Å². The minimum atomic E-state index is -1.04. The second-order valence-corrected chi connectivity index (χ2v) is 5.03. The Morgan fingerprint density at radius 3 is 2.63 bits per heavy atom. The van der Waals surface area contributed by atoms with Crippen LogP contribution in [-0.4, -0.2) is 28.4 Å². The van der Waals surface area contributed by atoms with Gasteiger partial charge < -0.3 is 9.84 Å². The molecule has 0 saturated carbocycles. The van der Waals surface area contributed by atoms with Crippen LogP contribution >= 0.6 is 15.9 Å². The molecule has 6 heteroatoms. The van der Waals surface area contributed by atoms with E-state index in [4.69, 9.17) is 9.84 Å². The normalized spacial score (nSPS) is 10.5. The maximum Gasteiger partial charge on any atom is 0.353 e. The number of carboxylic acid groups (broad SMARTS) is 1. The predicted molar refractivity (Wildman–Crippen MR) is 74.7 cm³/mol. The number of nitrogens with one attached hydrogen (secondary N) is 1. The van der Waals surface area contributed by atoms with E-state index in [0.29, 0.717) is 11.4 Å². The van der Waals surface area contributed by atoms with Crippen LogP contribution in [0.1, 0.15) is 21.6 Å². The minimum absolute atomic E-state index is 0.0528. The number of ether oxygens (including phenoxy) is 1. The van der Waals surface area contributed by atoms with Gasteiger partial charge in [-0.2, -0.15) is 5.10 Å². The molecule has 1 aromatic carbocycles. The molecule has 1 aromatic heterocycles. The molecule has 2 rings (SSSR count). The van der Waals surface area contributed by atoms with Crippen molar-refractivity contribution < 1.29 is 14.6 Å². The summed E-state index contributed by atoms with van der Waals surface area (Å²) >= 11 is 3.47. The highest BCUT2D eigenvalue weighted by Gasteiger charge is 2.18. The zero-order chi connectivity index (χ0) is 14.2. The Labute approximate surface area is 118 Å². The van der Waals surface area contributed by atoms with Crippen molar-refractivity contribution in [3.05, 3.63) is 33.4 Å². The molecule has 0 unspecified atom stereocenters. The van der Waals surface area contributed by atoms with E-state index in [0.717, 1.165) is 21.2 Å². The number of aromatic nitrogens is 2. The van der Waals surface area contributed by atoms with Crippen LogP contribution in [0.3, 0.4) is 0 Å². The molecule has 5 nitrogen and oxygen atoms in total. The van der Waals surface area contributed by atoms with Gasteiger partial charge >= 0.3 is 5.97 Å². The third-order valence-electron chi connectivity index (χ3n) is 2.93. The monoisotopic (exact) mass is 324 g/mol. The van der Waals surface area contributed by atoms with E-state index in [1.807, 2.05) is 19.9 Å². The summed E-state index contributed by atoms with van der Waals surface area (Å²) in [5, 5.41) is 15.5. The lowest BCUT2D eigenvalue weighted by atomic mass is 10.0. The van der Waals surface area contributed by atoms with Gasteiger partial charge in [-0.15, -0.1) is 0 Å². The molecule has 19 heavy (non-hydrogen) atoms. The standard InChI is InChI=1S/C13H13BrN2O3/c1-6-4-8(14)7(2)12(19-3)11(6)9-5-10(13(17)18)16-15-9/h4-5H,1-3H3,(H,15,16)(H,17,18). The number of aromatic amines is 1. The lowest BCUT2D eigenvalue weighted by Crippen LogP contribution is -1.96. The summed E-state index contributed by atoms with van der Waals surface area (Å²) < 4.78 is 6.37. The van der Waals surface area contributed by atoms with Gasteiger partial charge in [-0.25, -0.2) is 4.79 Å². The summed E-state index contributed by atoms with van der Waals surface area (Å²) in [5.41, 5.74) is 3.31. The number of rotatable bonds is 3. The van der Waals surface area contributed by atoms with Gasteiger partial charge in [0.15, 0.2) is 0 Å². The molecule has 0 fully saturated rings. The van der Waals surface area contributed by atoms with Crippen molar-refractivity contribution in [2.75, 3.05) is 7.11 Å². The van der Waals surface area contributed by atoms with Crippen LogP contribution in [0.2, 0.25) is 0 Å². The Hall–Kier alpha value is -1.82. The fourth-order valence-corrected chi connectivity index (χ4v) is 2.50. The lowest BCUT2D eigenvalue weighted by molar-refractivity contribution is 0.0690. The molecule has 0 aliphatic carbocycles. The van der Waals surface area contributed by atoms with Crippen molar-refractivity contribution in [2.45, 2.75) is 13.8 Å². The Morgan fingerprint density at radius 2 is 2.11 bits per heavy atom. The summed E-state index contributed by atoms with van der Waals surface area (Å²) in [6, 6.07) is 3.46. The third kappa shape index (κ3) is 2.35. The van der Waals surface area contributed by atoms with E-state index in [-0.39, 0.29) is 5.69 Å². The van der Waals surface area contributed by atoms with Gasteiger partial charge in [0.05, 0.1) is 12.8 Å². The molecule has 0 aliphatic heterocycles. The number of hydrogen-bond donors (Lipinski definition) is 2. The van der Waals surface area contributed by atoms with E-state index in [1.54, 1.807) is 7.11 Å². The van der Waals surface area contributed by atoms with Crippen molar-refractivity contribution in [3.8, 4) is 17.0 Å². The summed E-state index contributed by atoms with van der Waals surface area (Å²) in [7, 11) is 1.59. The van der Waals surface area contributed by atoms with Gasteiger partial charge in [0.1, 0.15) is 11.4 Å². The van der Waals surface area contributed by atoms with Crippen molar-refractivity contribution >= 4 is 21.9 Å².